The lowest BCUT2D eigenvalue weighted by molar-refractivity contribution is 0.0697. The maximum Gasteiger partial charge on any atom is 0.335 e. The molecule has 0 aliphatic carbocycles. The number of fused-ring (bicyclic) bond motifs is 1. The molecule has 5 nitrogen and oxygen atoms in total. The van der Waals surface area contributed by atoms with Gasteiger partial charge >= 0.3 is 5.97 Å². The maximum absolute atomic E-state index is 10.9. The van der Waals surface area contributed by atoms with Crippen LogP contribution < -0.4 is 4.74 Å². The molecular formula is C16H13NO4. The van der Waals surface area contributed by atoms with Gasteiger partial charge in [-0.1, -0.05) is 18.2 Å². The topological polar surface area (TPSA) is 82.6 Å². The van der Waals surface area contributed by atoms with Crippen LogP contribution in [0.15, 0.2) is 48.5 Å². The number of ether oxygens (including phenoxy) is 1. The molecule has 0 amide bonds. The van der Waals surface area contributed by atoms with Gasteiger partial charge in [-0.15, -0.1) is 0 Å². The van der Waals surface area contributed by atoms with Crippen molar-refractivity contribution in [1.29, 1.82) is 0 Å². The number of aromatic amines is 1. The molecule has 3 aromatic rings. The van der Waals surface area contributed by atoms with E-state index in [1.54, 1.807) is 42.5 Å². The second-order valence-corrected chi connectivity index (χ2v) is 4.66. The lowest BCUT2D eigenvalue weighted by Gasteiger charge is -2.05. The van der Waals surface area contributed by atoms with Crippen molar-refractivity contribution in [3.8, 4) is 11.5 Å². The Morgan fingerprint density at radius 2 is 1.95 bits per heavy atom. The summed E-state index contributed by atoms with van der Waals surface area (Å²) in [5.41, 5.74) is 1.78. The predicted octanol–water partition coefficient (Wildman–Crippen LogP) is 3.15. The smallest absolute Gasteiger partial charge is 0.335 e. The van der Waals surface area contributed by atoms with Gasteiger partial charge in [0.15, 0.2) is 11.5 Å². The number of carboxylic acids is 1. The van der Waals surface area contributed by atoms with E-state index in [1.807, 2.05) is 6.07 Å². The number of aromatic hydroxyl groups is 1. The molecule has 0 saturated carbocycles. The molecule has 0 aliphatic heterocycles. The number of hydrogen-bond donors (Lipinski definition) is 3. The van der Waals surface area contributed by atoms with Gasteiger partial charge in [-0.3, -0.25) is 0 Å². The zero-order chi connectivity index (χ0) is 14.8. The number of benzene rings is 2. The van der Waals surface area contributed by atoms with Crippen molar-refractivity contribution in [3.05, 3.63) is 59.8 Å². The predicted molar refractivity (Wildman–Crippen MR) is 77.7 cm³/mol. The fraction of sp³-hybridized carbons (Fsp3) is 0.0625. The summed E-state index contributed by atoms with van der Waals surface area (Å²) in [7, 11) is 0. The van der Waals surface area contributed by atoms with Crippen LogP contribution in [0.5, 0.6) is 11.5 Å². The fourth-order valence-corrected chi connectivity index (χ4v) is 2.13. The quantitative estimate of drug-likeness (QED) is 0.687. The number of nitrogens with one attached hydrogen (secondary N) is 1. The molecule has 0 radical (unpaired) electrons. The van der Waals surface area contributed by atoms with Gasteiger partial charge in [0.1, 0.15) is 6.61 Å². The number of carbonyl (C=O) groups is 1. The molecule has 0 bridgehead atoms. The van der Waals surface area contributed by atoms with Gasteiger partial charge in [-0.05, 0) is 35.7 Å². The highest BCUT2D eigenvalue weighted by molar-refractivity contribution is 5.93. The van der Waals surface area contributed by atoms with Crippen molar-refractivity contribution >= 4 is 16.9 Å². The summed E-state index contributed by atoms with van der Waals surface area (Å²) in [5.74, 6) is -0.470. The number of phenolic OH excluding ortho intramolecular Hbond substituents is 1. The van der Waals surface area contributed by atoms with E-state index in [0.29, 0.717) is 5.75 Å². The van der Waals surface area contributed by atoms with Gasteiger partial charge in [0.05, 0.1) is 11.3 Å². The molecule has 0 saturated heterocycles. The molecule has 21 heavy (non-hydrogen) atoms. The Bertz CT molecular complexity index is 807. The molecule has 0 spiro atoms. The summed E-state index contributed by atoms with van der Waals surface area (Å²) in [4.78, 5) is 14.0. The minimum Gasteiger partial charge on any atom is -0.504 e. The molecule has 0 aliphatic rings. The SMILES string of the molecule is O=C(O)c1ccc2cc(COc3ccccc3O)[nH]c2c1. The third-order valence-electron chi connectivity index (χ3n) is 3.17. The van der Waals surface area contributed by atoms with Crippen molar-refractivity contribution in [2.75, 3.05) is 0 Å². The zero-order valence-electron chi connectivity index (χ0n) is 11.0. The first-order valence-electron chi connectivity index (χ1n) is 6.39. The third-order valence-corrected chi connectivity index (χ3v) is 3.17. The molecule has 1 heterocycles. The number of aromatic nitrogens is 1. The van der Waals surface area contributed by atoms with E-state index in [1.165, 1.54) is 0 Å². The normalized spacial score (nSPS) is 10.7. The standard InChI is InChI=1S/C16H13NO4/c18-14-3-1-2-4-15(14)21-9-12-7-10-5-6-11(16(19)20)8-13(10)17-12/h1-8,17-18H,9H2,(H,19,20). The number of para-hydroxylation sites is 2. The molecule has 0 atom stereocenters. The van der Waals surface area contributed by atoms with Gasteiger partial charge in [0.25, 0.3) is 0 Å². The first-order valence-corrected chi connectivity index (χ1v) is 6.39. The summed E-state index contributed by atoms with van der Waals surface area (Å²) >= 11 is 0. The average molecular weight is 283 g/mol. The van der Waals surface area contributed by atoms with Crippen LogP contribution in [0.25, 0.3) is 10.9 Å². The van der Waals surface area contributed by atoms with Crippen LogP contribution in [0.3, 0.4) is 0 Å². The molecule has 1 aromatic heterocycles. The number of hydrogen-bond acceptors (Lipinski definition) is 3. The van der Waals surface area contributed by atoms with Crippen LogP contribution in [0.1, 0.15) is 16.1 Å². The zero-order valence-corrected chi connectivity index (χ0v) is 11.0. The van der Waals surface area contributed by atoms with Gasteiger partial charge in [-0.25, -0.2) is 4.79 Å². The Hall–Kier alpha value is -2.95. The van der Waals surface area contributed by atoms with Crippen LogP contribution >= 0.6 is 0 Å². The van der Waals surface area contributed by atoms with Gasteiger partial charge in [0.2, 0.25) is 0 Å². The van der Waals surface area contributed by atoms with Crippen LogP contribution in [0, 0.1) is 0 Å². The van der Waals surface area contributed by atoms with Crippen molar-refractivity contribution < 1.29 is 19.7 Å². The molecule has 0 fully saturated rings. The molecule has 3 N–H and O–H groups in total. The highest BCUT2D eigenvalue weighted by Crippen LogP contribution is 2.26. The first kappa shape index (κ1) is 13.1. The fourth-order valence-electron chi connectivity index (χ4n) is 2.13. The number of rotatable bonds is 4. The summed E-state index contributed by atoms with van der Waals surface area (Å²) < 4.78 is 5.53. The Balaban J connectivity index is 1.82. The number of H-pyrrole nitrogens is 1. The maximum atomic E-state index is 10.9. The number of phenols is 1. The monoisotopic (exact) mass is 283 g/mol. The molecule has 3 rings (SSSR count). The van der Waals surface area contributed by atoms with Gasteiger partial charge < -0.3 is 19.9 Å². The summed E-state index contributed by atoms with van der Waals surface area (Å²) in [6, 6.07) is 13.5. The summed E-state index contributed by atoms with van der Waals surface area (Å²) in [5, 5.41) is 19.5. The molecule has 0 unspecified atom stereocenters. The second kappa shape index (κ2) is 5.20. The third kappa shape index (κ3) is 2.67. The van der Waals surface area contributed by atoms with Crippen molar-refractivity contribution in [2.45, 2.75) is 6.61 Å². The number of carboxylic acid groups (broad SMARTS) is 1. The van der Waals surface area contributed by atoms with Crippen LogP contribution in [-0.4, -0.2) is 21.2 Å². The van der Waals surface area contributed by atoms with E-state index >= 15 is 0 Å². The minimum absolute atomic E-state index is 0.0850. The van der Waals surface area contributed by atoms with E-state index in [-0.39, 0.29) is 17.9 Å². The minimum atomic E-state index is -0.960. The van der Waals surface area contributed by atoms with Crippen LogP contribution in [0.4, 0.5) is 0 Å². The van der Waals surface area contributed by atoms with Crippen LogP contribution in [0.2, 0.25) is 0 Å². The van der Waals surface area contributed by atoms with Crippen molar-refractivity contribution in [3.63, 3.8) is 0 Å². The Labute approximate surface area is 120 Å². The van der Waals surface area contributed by atoms with E-state index < -0.39 is 5.97 Å². The second-order valence-electron chi connectivity index (χ2n) is 4.66. The van der Waals surface area contributed by atoms with Crippen molar-refractivity contribution in [2.24, 2.45) is 0 Å². The van der Waals surface area contributed by atoms with E-state index in [4.69, 9.17) is 9.84 Å². The molecule has 5 heteroatoms. The average Bonchev–Trinajstić information content (AvgIpc) is 2.88. The highest BCUT2D eigenvalue weighted by Gasteiger charge is 2.07. The first-order chi connectivity index (χ1) is 10.1. The Kier molecular flexibility index (Phi) is 3.23. The van der Waals surface area contributed by atoms with E-state index in [2.05, 4.69) is 4.98 Å². The Morgan fingerprint density at radius 3 is 2.71 bits per heavy atom. The van der Waals surface area contributed by atoms with Crippen LogP contribution in [-0.2, 0) is 6.61 Å². The molecular weight excluding hydrogens is 270 g/mol. The van der Waals surface area contributed by atoms with E-state index in [9.17, 15) is 9.90 Å². The van der Waals surface area contributed by atoms with Gasteiger partial charge in [0, 0.05) is 5.52 Å². The number of aromatic carboxylic acids is 1. The highest BCUT2D eigenvalue weighted by atomic mass is 16.5. The lowest BCUT2D eigenvalue weighted by atomic mass is 10.2. The Morgan fingerprint density at radius 1 is 1.14 bits per heavy atom. The molecule has 106 valence electrons. The van der Waals surface area contributed by atoms with Gasteiger partial charge in [-0.2, -0.15) is 0 Å². The largest absolute Gasteiger partial charge is 0.504 e. The van der Waals surface area contributed by atoms with Crippen molar-refractivity contribution in [1.82, 2.24) is 4.98 Å². The molecule has 2 aromatic carbocycles. The summed E-state index contributed by atoms with van der Waals surface area (Å²) in [6.07, 6.45) is 0. The summed E-state index contributed by atoms with van der Waals surface area (Å²) in [6.45, 7) is 0.259. The van der Waals surface area contributed by atoms with E-state index in [0.717, 1.165) is 16.6 Å². The lowest BCUT2D eigenvalue weighted by Crippen LogP contribution is -1.96.